The van der Waals surface area contributed by atoms with Crippen molar-refractivity contribution in [3.8, 4) is 0 Å². The first kappa shape index (κ1) is 14.7. The molecule has 0 radical (unpaired) electrons. The van der Waals surface area contributed by atoms with Crippen molar-refractivity contribution < 1.29 is 19.1 Å². The van der Waals surface area contributed by atoms with E-state index in [1.54, 1.807) is 13.0 Å². The minimum Gasteiger partial charge on any atom is -0.477 e. The largest absolute Gasteiger partial charge is 0.477 e. The molecule has 0 aliphatic rings. The zero-order valence-electron chi connectivity index (χ0n) is 10.2. The molecule has 0 aliphatic heterocycles. The van der Waals surface area contributed by atoms with E-state index in [1.807, 2.05) is 0 Å². The van der Waals surface area contributed by atoms with Crippen molar-refractivity contribution in [2.45, 2.75) is 6.92 Å². The Morgan fingerprint density at radius 1 is 1.35 bits per heavy atom. The SMILES string of the molecule is Cc1cc(NC(=O)c2ccc(F)cc2Br)sc1C(=O)O. The molecule has 1 heterocycles. The summed E-state index contributed by atoms with van der Waals surface area (Å²) in [6, 6.07) is 5.32. The van der Waals surface area contributed by atoms with Crippen LogP contribution >= 0.6 is 27.3 Å². The summed E-state index contributed by atoms with van der Waals surface area (Å²) < 4.78 is 13.3. The Kier molecular flexibility index (Phi) is 4.20. The van der Waals surface area contributed by atoms with Gasteiger partial charge in [0.1, 0.15) is 10.7 Å². The van der Waals surface area contributed by atoms with Gasteiger partial charge in [0.15, 0.2) is 0 Å². The highest BCUT2D eigenvalue weighted by Crippen LogP contribution is 2.28. The smallest absolute Gasteiger partial charge is 0.346 e. The molecular weight excluding hydrogens is 349 g/mol. The molecular formula is C13H9BrFNO3S. The minimum absolute atomic E-state index is 0.179. The lowest BCUT2D eigenvalue weighted by Crippen LogP contribution is -2.11. The van der Waals surface area contributed by atoms with Gasteiger partial charge >= 0.3 is 5.97 Å². The number of hydrogen-bond donors (Lipinski definition) is 2. The van der Waals surface area contributed by atoms with Crippen LogP contribution in [0.25, 0.3) is 0 Å². The molecule has 2 N–H and O–H groups in total. The van der Waals surface area contributed by atoms with E-state index in [0.29, 0.717) is 15.0 Å². The first-order valence-corrected chi connectivity index (χ1v) is 7.09. The highest BCUT2D eigenvalue weighted by atomic mass is 79.9. The number of rotatable bonds is 3. The quantitative estimate of drug-likeness (QED) is 0.874. The van der Waals surface area contributed by atoms with E-state index < -0.39 is 17.7 Å². The molecule has 1 aromatic carbocycles. The van der Waals surface area contributed by atoms with Gasteiger partial charge in [-0.05, 0) is 52.7 Å². The van der Waals surface area contributed by atoms with E-state index in [0.717, 1.165) is 11.3 Å². The van der Waals surface area contributed by atoms with Crippen molar-refractivity contribution in [1.82, 2.24) is 0 Å². The van der Waals surface area contributed by atoms with E-state index in [2.05, 4.69) is 21.2 Å². The van der Waals surface area contributed by atoms with E-state index in [1.165, 1.54) is 18.2 Å². The maximum absolute atomic E-state index is 13.0. The monoisotopic (exact) mass is 357 g/mol. The summed E-state index contributed by atoms with van der Waals surface area (Å²) in [5, 5.41) is 12.0. The number of thiophene rings is 1. The minimum atomic E-state index is -1.03. The molecule has 20 heavy (non-hydrogen) atoms. The Balaban J connectivity index is 2.23. The molecule has 0 aliphatic carbocycles. The van der Waals surface area contributed by atoms with Gasteiger partial charge in [0.2, 0.25) is 0 Å². The standard InChI is InChI=1S/C13H9BrFNO3S/c1-6-4-10(20-11(6)13(18)19)16-12(17)8-3-2-7(15)5-9(8)14/h2-5H,1H3,(H,16,17)(H,18,19). The van der Waals surface area contributed by atoms with Crippen molar-refractivity contribution >= 4 is 44.1 Å². The topological polar surface area (TPSA) is 66.4 Å². The first-order valence-electron chi connectivity index (χ1n) is 5.48. The molecule has 0 saturated carbocycles. The number of hydrogen-bond acceptors (Lipinski definition) is 3. The highest BCUT2D eigenvalue weighted by Gasteiger charge is 2.16. The number of carbonyl (C=O) groups is 2. The number of aryl methyl sites for hydroxylation is 1. The van der Waals surface area contributed by atoms with Crippen LogP contribution in [0.2, 0.25) is 0 Å². The van der Waals surface area contributed by atoms with Gasteiger partial charge in [-0.25, -0.2) is 9.18 Å². The fourth-order valence-electron chi connectivity index (χ4n) is 1.61. The molecule has 0 unspecified atom stereocenters. The van der Waals surface area contributed by atoms with E-state index in [4.69, 9.17) is 5.11 Å². The number of amides is 1. The first-order chi connectivity index (χ1) is 9.38. The van der Waals surface area contributed by atoms with Gasteiger partial charge in [-0.1, -0.05) is 0 Å². The third-order valence-electron chi connectivity index (χ3n) is 2.52. The predicted molar refractivity (Wildman–Crippen MR) is 78.1 cm³/mol. The summed E-state index contributed by atoms with van der Waals surface area (Å²) in [7, 11) is 0. The average molecular weight is 358 g/mol. The number of carboxylic acids is 1. The lowest BCUT2D eigenvalue weighted by atomic mass is 10.2. The normalized spacial score (nSPS) is 10.3. The van der Waals surface area contributed by atoms with E-state index in [9.17, 15) is 14.0 Å². The molecule has 1 amide bonds. The molecule has 0 bridgehead atoms. The lowest BCUT2D eigenvalue weighted by molar-refractivity contribution is 0.0701. The fraction of sp³-hybridized carbons (Fsp3) is 0.0769. The summed E-state index contributed by atoms with van der Waals surface area (Å²) in [4.78, 5) is 23.1. The number of aromatic carboxylic acids is 1. The van der Waals surface area contributed by atoms with E-state index >= 15 is 0 Å². The Hall–Kier alpha value is -1.73. The van der Waals surface area contributed by atoms with Crippen LogP contribution in [0.3, 0.4) is 0 Å². The molecule has 0 spiro atoms. The molecule has 104 valence electrons. The predicted octanol–water partition coefficient (Wildman–Crippen LogP) is 3.91. The molecule has 7 heteroatoms. The highest BCUT2D eigenvalue weighted by molar-refractivity contribution is 9.10. The zero-order valence-corrected chi connectivity index (χ0v) is 12.6. The van der Waals surface area contributed by atoms with Gasteiger partial charge in [-0.2, -0.15) is 0 Å². The summed E-state index contributed by atoms with van der Waals surface area (Å²) in [5.74, 6) is -1.92. The maximum atomic E-state index is 13.0. The summed E-state index contributed by atoms with van der Waals surface area (Å²) in [6.45, 7) is 1.66. The molecule has 4 nitrogen and oxygen atoms in total. The molecule has 1 aromatic heterocycles. The third kappa shape index (κ3) is 3.05. The van der Waals surface area contributed by atoms with Crippen LogP contribution in [0, 0.1) is 12.7 Å². The Morgan fingerprint density at radius 3 is 2.60 bits per heavy atom. The Labute approximate surface area is 126 Å². The second kappa shape index (κ2) is 5.72. The fourth-order valence-corrected chi connectivity index (χ4v) is 3.05. The molecule has 0 saturated heterocycles. The van der Waals surface area contributed by atoms with Crippen LogP contribution in [0.15, 0.2) is 28.7 Å². The number of halogens is 2. The third-order valence-corrected chi connectivity index (χ3v) is 4.32. The van der Waals surface area contributed by atoms with Crippen molar-refractivity contribution in [1.29, 1.82) is 0 Å². The van der Waals surface area contributed by atoms with Crippen molar-refractivity contribution in [3.05, 3.63) is 50.6 Å². The number of carboxylic acid groups (broad SMARTS) is 1. The molecule has 0 fully saturated rings. The van der Waals surface area contributed by atoms with Crippen LogP contribution < -0.4 is 5.32 Å². The number of benzene rings is 1. The van der Waals surface area contributed by atoms with Gasteiger partial charge in [-0.3, -0.25) is 4.79 Å². The summed E-state index contributed by atoms with van der Waals surface area (Å²) >= 11 is 4.09. The second-order valence-corrected chi connectivity index (χ2v) is 5.91. The van der Waals surface area contributed by atoms with Gasteiger partial charge in [0.05, 0.1) is 10.6 Å². The molecule has 0 atom stereocenters. The van der Waals surface area contributed by atoms with Gasteiger partial charge < -0.3 is 10.4 Å². The average Bonchev–Trinajstić information content (AvgIpc) is 2.70. The molecule has 2 rings (SSSR count). The number of nitrogens with one attached hydrogen (secondary N) is 1. The van der Waals surface area contributed by atoms with Crippen molar-refractivity contribution in [2.75, 3.05) is 5.32 Å². The zero-order chi connectivity index (χ0) is 14.9. The van der Waals surface area contributed by atoms with Crippen LogP contribution in [0.5, 0.6) is 0 Å². The Morgan fingerprint density at radius 2 is 2.05 bits per heavy atom. The van der Waals surface area contributed by atoms with Gasteiger partial charge in [0, 0.05) is 4.47 Å². The van der Waals surface area contributed by atoms with Crippen molar-refractivity contribution in [3.63, 3.8) is 0 Å². The van der Waals surface area contributed by atoms with Crippen LogP contribution in [-0.4, -0.2) is 17.0 Å². The van der Waals surface area contributed by atoms with Crippen LogP contribution in [0.1, 0.15) is 25.6 Å². The van der Waals surface area contributed by atoms with Gasteiger partial charge in [0.25, 0.3) is 5.91 Å². The summed E-state index contributed by atoms with van der Waals surface area (Å²) in [6.07, 6.45) is 0. The Bertz CT molecular complexity index is 699. The van der Waals surface area contributed by atoms with Gasteiger partial charge in [-0.15, -0.1) is 11.3 Å². The molecule has 2 aromatic rings. The second-order valence-electron chi connectivity index (χ2n) is 4.01. The maximum Gasteiger partial charge on any atom is 0.346 e. The van der Waals surface area contributed by atoms with E-state index in [-0.39, 0.29) is 10.4 Å². The van der Waals surface area contributed by atoms with Crippen LogP contribution in [-0.2, 0) is 0 Å². The number of anilines is 1. The lowest BCUT2D eigenvalue weighted by Gasteiger charge is -2.04. The van der Waals surface area contributed by atoms with Crippen molar-refractivity contribution in [2.24, 2.45) is 0 Å². The summed E-state index contributed by atoms with van der Waals surface area (Å²) in [5.41, 5.74) is 0.852. The number of carbonyl (C=O) groups excluding carboxylic acids is 1. The van der Waals surface area contributed by atoms with Crippen LogP contribution in [0.4, 0.5) is 9.39 Å².